The van der Waals surface area contributed by atoms with E-state index in [1.165, 1.54) is 0 Å². The summed E-state index contributed by atoms with van der Waals surface area (Å²) in [6.45, 7) is 5.84. The van der Waals surface area contributed by atoms with E-state index >= 15 is 0 Å². The zero-order chi connectivity index (χ0) is 20.3. The van der Waals surface area contributed by atoms with Gasteiger partial charge in [-0.05, 0) is 55.0 Å². The van der Waals surface area contributed by atoms with Crippen LogP contribution in [0.2, 0.25) is 5.02 Å². The summed E-state index contributed by atoms with van der Waals surface area (Å²) in [4.78, 5) is 25.5. The van der Waals surface area contributed by atoms with Crippen molar-refractivity contribution in [3.8, 4) is 5.75 Å². The van der Waals surface area contributed by atoms with Gasteiger partial charge in [0.05, 0.1) is 19.0 Å². The minimum absolute atomic E-state index is 0.135. The van der Waals surface area contributed by atoms with E-state index in [0.29, 0.717) is 22.9 Å². The molecule has 1 amide bonds. The lowest BCUT2D eigenvalue weighted by Crippen LogP contribution is -2.25. The number of methoxy groups -OCH3 is 1. The second-order valence-electron chi connectivity index (χ2n) is 6.36. The van der Waals surface area contributed by atoms with Crippen molar-refractivity contribution in [3.63, 3.8) is 0 Å². The maximum absolute atomic E-state index is 13.2. The monoisotopic (exact) mass is 396 g/mol. The predicted octanol–water partition coefficient (Wildman–Crippen LogP) is 4.14. The Morgan fingerprint density at radius 2 is 1.93 bits per heavy atom. The maximum Gasteiger partial charge on any atom is 0.262 e. The van der Waals surface area contributed by atoms with Gasteiger partial charge in [0.15, 0.2) is 0 Å². The Morgan fingerprint density at radius 3 is 2.57 bits per heavy atom. The van der Waals surface area contributed by atoms with E-state index in [1.54, 1.807) is 48.1 Å². The summed E-state index contributed by atoms with van der Waals surface area (Å²) in [5.74, 6) is 0.349. The van der Waals surface area contributed by atoms with Gasteiger partial charge < -0.3 is 10.1 Å². The first-order valence-corrected chi connectivity index (χ1v) is 9.19. The van der Waals surface area contributed by atoms with Crippen molar-refractivity contribution in [1.29, 1.82) is 0 Å². The van der Waals surface area contributed by atoms with Crippen molar-refractivity contribution < 1.29 is 14.3 Å². The SMILES string of the molecule is C=CCNC(=O)Cc1c(C)n(C(=O)c2ccc(Cl)cc2)c2ccc(OC)cc12. The zero-order valence-electron chi connectivity index (χ0n) is 15.8. The van der Waals surface area contributed by atoms with Gasteiger partial charge in [-0.2, -0.15) is 0 Å². The predicted molar refractivity (Wildman–Crippen MR) is 111 cm³/mol. The van der Waals surface area contributed by atoms with E-state index in [4.69, 9.17) is 16.3 Å². The van der Waals surface area contributed by atoms with Gasteiger partial charge in [-0.15, -0.1) is 6.58 Å². The van der Waals surface area contributed by atoms with Crippen LogP contribution in [0.5, 0.6) is 5.75 Å². The molecular weight excluding hydrogens is 376 g/mol. The van der Waals surface area contributed by atoms with Gasteiger partial charge in [0.25, 0.3) is 5.91 Å². The standard InChI is InChI=1S/C22H21ClN2O3/c1-4-11-24-21(26)13-18-14(2)25(20-10-9-17(28-3)12-19(18)20)22(27)15-5-7-16(23)8-6-15/h4-10,12H,1,11,13H2,2-3H3,(H,24,26). The van der Waals surface area contributed by atoms with Crippen molar-refractivity contribution in [3.05, 3.63) is 77.0 Å². The molecule has 3 rings (SSSR count). The molecule has 1 heterocycles. The molecular formula is C22H21ClN2O3. The second kappa shape index (κ2) is 8.31. The number of nitrogens with zero attached hydrogens (tertiary/aromatic N) is 1. The number of rotatable bonds is 6. The minimum Gasteiger partial charge on any atom is -0.497 e. The molecule has 0 spiro atoms. The molecule has 0 aliphatic heterocycles. The molecule has 2 aromatic carbocycles. The molecule has 0 saturated heterocycles. The Labute approximate surface area is 168 Å². The van der Waals surface area contributed by atoms with Gasteiger partial charge in [-0.1, -0.05) is 17.7 Å². The minimum atomic E-state index is -0.179. The lowest BCUT2D eigenvalue weighted by Gasteiger charge is -2.08. The highest BCUT2D eigenvalue weighted by Gasteiger charge is 2.21. The van der Waals surface area contributed by atoms with Gasteiger partial charge in [0, 0.05) is 28.2 Å². The quantitative estimate of drug-likeness (QED) is 0.637. The number of carbonyl (C=O) groups is 2. The molecule has 0 fully saturated rings. The van der Waals surface area contributed by atoms with E-state index in [1.807, 2.05) is 19.1 Å². The van der Waals surface area contributed by atoms with E-state index in [2.05, 4.69) is 11.9 Å². The molecule has 144 valence electrons. The molecule has 0 aliphatic rings. The Bertz CT molecular complexity index is 1050. The van der Waals surface area contributed by atoms with E-state index in [-0.39, 0.29) is 18.2 Å². The largest absolute Gasteiger partial charge is 0.497 e. The number of hydrogen-bond acceptors (Lipinski definition) is 3. The normalized spacial score (nSPS) is 10.7. The van der Waals surface area contributed by atoms with Crippen LogP contribution >= 0.6 is 11.6 Å². The van der Waals surface area contributed by atoms with Gasteiger partial charge in [0.1, 0.15) is 5.75 Å². The Kier molecular flexibility index (Phi) is 5.85. The number of nitrogens with one attached hydrogen (secondary N) is 1. The van der Waals surface area contributed by atoms with Crippen LogP contribution in [-0.2, 0) is 11.2 Å². The van der Waals surface area contributed by atoms with Gasteiger partial charge in [-0.25, -0.2) is 0 Å². The molecule has 0 radical (unpaired) electrons. The maximum atomic E-state index is 13.2. The topological polar surface area (TPSA) is 60.3 Å². The van der Waals surface area contributed by atoms with Crippen molar-refractivity contribution in [2.45, 2.75) is 13.3 Å². The first kappa shape index (κ1) is 19.7. The average Bonchev–Trinajstić information content (AvgIpc) is 2.97. The summed E-state index contributed by atoms with van der Waals surface area (Å²) < 4.78 is 6.96. The van der Waals surface area contributed by atoms with E-state index in [9.17, 15) is 9.59 Å². The molecule has 0 unspecified atom stereocenters. The molecule has 5 nitrogen and oxygen atoms in total. The number of fused-ring (bicyclic) bond motifs is 1. The molecule has 0 bridgehead atoms. The van der Waals surface area contributed by atoms with Gasteiger partial charge >= 0.3 is 0 Å². The highest BCUT2D eigenvalue weighted by molar-refractivity contribution is 6.30. The van der Waals surface area contributed by atoms with Crippen LogP contribution in [0.3, 0.4) is 0 Å². The summed E-state index contributed by atoms with van der Waals surface area (Å²) >= 11 is 5.94. The van der Waals surface area contributed by atoms with Crippen molar-refractivity contribution >= 4 is 34.3 Å². The van der Waals surface area contributed by atoms with Crippen LogP contribution in [0, 0.1) is 6.92 Å². The van der Waals surface area contributed by atoms with Crippen molar-refractivity contribution in [2.75, 3.05) is 13.7 Å². The number of amides is 1. The van der Waals surface area contributed by atoms with Crippen LogP contribution in [0.25, 0.3) is 10.9 Å². The third kappa shape index (κ3) is 3.80. The molecule has 0 aliphatic carbocycles. The molecule has 0 saturated carbocycles. The molecule has 1 aromatic heterocycles. The molecule has 6 heteroatoms. The Balaban J connectivity index is 2.13. The smallest absolute Gasteiger partial charge is 0.262 e. The highest BCUT2D eigenvalue weighted by atomic mass is 35.5. The summed E-state index contributed by atoms with van der Waals surface area (Å²) in [5.41, 5.74) is 2.75. The fourth-order valence-corrected chi connectivity index (χ4v) is 3.33. The summed E-state index contributed by atoms with van der Waals surface area (Å²) in [5, 5.41) is 4.16. The van der Waals surface area contributed by atoms with Crippen LogP contribution in [-0.4, -0.2) is 30.0 Å². The first-order valence-electron chi connectivity index (χ1n) is 8.82. The number of aromatic nitrogens is 1. The molecule has 3 aromatic rings. The molecule has 28 heavy (non-hydrogen) atoms. The number of halogens is 1. The van der Waals surface area contributed by atoms with Crippen LogP contribution in [0.4, 0.5) is 0 Å². The molecule has 0 atom stereocenters. The zero-order valence-corrected chi connectivity index (χ0v) is 16.5. The Morgan fingerprint density at radius 1 is 1.21 bits per heavy atom. The van der Waals surface area contributed by atoms with E-state index < -0.39 is 0 Å². The van der Waals surface area contributed by atoms with Crippen molar-refractivity contribution in [1.82, 2.24) is 9.88 Å². The van der Waals surface area contributed by atoms with Crippen LogP contribution < -0.4 is 10.1 Å². The molecule has 1 N–H and O–H groups in total. The van der Waals surface area contributed by atoms with Crippen molar-refractivity contribution in [2.24, 2.45) is 0 Å². The van der Waals surface area contributed by atoms with Gasteiger partial charge in [-0.3, -0.25) is 14.2 Å². The number of hydrogen-bond donors (Lipinski definition) is 1. The van der Waals surface area contributed by atoms with Gasteiger partial charge in [0.2, 0.25) is 5.91 Å². The van der Waals surface area contributed by atoms with E-state index in [0.717, 1.165) is 22.2 Å². The number of benzene rings is 2. The highest BCUT2D eigenvalue weighted by Crippen LogP contribution is 2.30. The third-order valence-corrected chi connectivity index (χ3v) is 4.87. The lowest BCUT2D eigenvalue weighted by atomic mass is 10.1. The third-order valence-electron chi connectivity index (χ3n) is 4.62. The Hall–Kier alpha value is -3.05. The average molecular weight is 397 g/mol. The second-order valence-corrected chi connectivity index (χ2v) is 6.80. The summed E-state index contributed by atoms with van der Waals surface area (Å²) in [6, 6.07) is 12.2. The first-order chi connectivity index (χ1) is 13.5. The summed E-state index contributed by atoms with van der Waals surface area (Å²) in [7, 11) is 1.58. The fraction of sp³-hybridized carbons (Fsp3) is 0.182. The van der Waals surface area contributed by atoms with Crippen LogP contribution in [0.1, 0.15) is 21.6 Å². The fourth-order valence-electron chi connectivity index (χ4n) is 3.20. The summed E-state index contributed by atoms with van der Waals surface area (Å²) in [6.07, 6.45) is 1.78. The number of carbonyl (C=O) groups excluding carboxylic acids is 2. The van der Waals surface area contributed by atoms with Crippen LogP contribution in [0.15, 0.2) is 55.1 Å². The lowest BCUT2D eigenvalue weighted by molar-refractivity contribution is -0.120. The number of ether oxygens (including phenoxy) is 1.